The lowest BCUT2D eigenvalue weighted by Gasteiger charge is -2.30. The van der Waals surface area contributed by atoms with E-state index in [1.165, 1.54) is 28.6 Å². The van der Waals surface area contributed by atoms with E-state index in [9.17, 15) is 18.0 Å². The number of anilines is 2. The van der Waals surface area contributed by atoms with Crippen molar-refractivity contribution in [3.05, 3.63) is 77.3 Å². The van der Waals surface area contributed by atoms with E-state index in [4.69, 9.17) is 21.1 Å². The second-order valence-electron chi connectivity index (χ2n) is 9.97. The Labute approximate surface area is 245 Å². The molecule has 1 saturated heterocycles. The molecule has 216 valence electrons. The van der Waals surface area contributed by atoms with Gasteiger partial charge in [0.25, 0.3) is 11.8 Å². The molecule has 0 saturated carbocycles. The van der Waals surface area contributed by atoms with Gasteiger partial charge in [0.1, 0.15) is 11.5 Å². The maximum Gasteiger partial charge on any atom is 0.265 e. The summed E-state index contributed by atoms with van der Waals surface area (Å²) in [5.41, 5.74) is 1.40. The zero-order chi connectivity index (χ0) is 28.8. The summed E-state index contributed by atoms with van der Waals surface area (Å²) < 4.78 is 38.7. The molecular weight excluding hydrogens is 566 g/mol. The van der Waals surface area contributed by atoms with Crippen LogP contribution < -0.4 is 19.7 Å². The number of rotatable bonds is 10. The largest absolute Gasteiger partial charge is 0.494 e. The van der Waals surface area contributed by atoms with Crippen molar-refractivity contribution in [2.45, 2.75) is 37.0 Å². The third-order valence-electron chi connectivity index (χ3n) is 7.09. The second-order valence-corrected chi connectivity index (χ2v) is 12.3. The minimum atomic E-state index is -3.57. The van der Waals surface area contributed by atoms with E-state index in [0.717, 1.165) is 31.4 Å². The molecule has 3 aromatic carbocycles. The number of hydrogen-bond donors (Lipinski definition) is 1. The van der Waals surface area contributed by atoms with E-state index in [1.807, 2.05) is 12.1 Å². The summed E-state index contributed by atoms with van der Waals surface area (Å²) in [5.74, 6) is 0.749. The molecule has 1 fully saturated rings. The predicted molar refractivity (Wildman–Crippen MR) is 157 cm³/mol. The van der Waals surface area contributed by atoms with E-state index < -0.39 is 10.0 Å². The Morgan fingerprint density at radius 2 is 1.68 bits per heavy atom. The van der Waals surface area contributed by atoms with Crippen LogP contribution >= 0.6 is 11.6 Å². The van der Waals surface area contributed by atoms with Gasteiger partial charge in [-0.15, -0.1) is 0 Å². The highest BCUT2D eigenvalue weighted by atomic mass is 35.5. The molecule has 2 heterocycles. The van der Waals surface area contributed by atoms with Crippen LogP contribution in [0, 0.1) is 0 Å². The first-order valence-electron chi connectivity index (χ1n) is 13.7. The minimum absolute atomic E-state index is 0.0489. The van der Waals surface area contributed by atoms with Crippen LogP contribution in [0.15, 0.2) is 71.6 Å². The number of ether oxygens (including phenoxy) is 2. The lowest BCUT2D eigenvalue weighted by molar-refractivity contribution is -0.121. The van der Waals surface area contributed by atoms with Gasteiger partial charge in [-0.25, -0.2) is 8.42 Å². The van der Waals surface area contributed by atoms with Crippen LogP contribution in [0.25, 0.3) is 0 Å². The molecule has 5 rings (SSSR count). The summed E-state index contributed by atoms with van der Waals surface area (Å²) in [5, 5.41) is 3.49. The van der Waals surface area contributed by atoms with Gasteiger partial charge in [-0.3, -0.25) is 9.59 Å². The normalized spacial score (nSPS) is 15.6. The number of sulfonamides is 1. The number of fused-ring (bicyclic) bond motifs is 1. The van der Waals surface area contributed by atoms with Crippen LogP contribution in [0.4, 0.5) is 11.4 Å². The minimum Gasteiger partial charge on any atom is -0.494 e. The standard InChI is InChI=1S/C30H32ClN3O6S/c31-23-8-11-25(12-9-23)39-19-5-4-18-34-27-20-24(10-15-28(27)40-21-29(34)35)32-30(36)22-6-13-26(14-7-22)41(37,38)33-16-2-1-3-17-33/h6-15,20H,1-5,16-19,21H2,(H,32,36). The van der Waals surface area contributed by atoms with Gasteiger partial charge in [0.15, 0.2) is 6.61 Å². The van der Waals surface area contributed by atoms with E-state index >= 15 is 0 Å². The monoisotopic (exact) mass is 597 g/mol. The molecule has 2 aliphatic rings. The lowest BCUT2D eigenvalue weighted by atomic mass is 10.1. The topological polar surface area (TPSA) is 105 Å². The van der Waals surface area contributed by atoms with Crippen molar-refractivity contribution in [3.8, 4) is 11.5 Å². The van der Waals surface area contributed by atoms with Gasteiger partial charge in [0, 0.05) is 35.9 Å². The summed E-state index contributed by atoms with van der Waals surface area (Å²) >= 11 is 5.90. The number of carbonyl (C=O) groups is 2. The Hall–Kier alpha value is -3.60. The molecule has 0 spiro atoms. The van der Waals surface area contributed by atoms with Crippen molar-refractivity contribution in [2.24, 2.45) is 0 Å². The maximum absolute atomic E-state index is 13.0. The average Bonchev–Trinajstić information content (AvgIpc) is 2.99. The molecular formula is C30H32ClN3O6S. The Morgan fingerprint density at radius 1 is 0.951 bits per heavy atom. The van der Waals surface area contributed by atoms with Gasteiger partial charge in [-0.05, 0) is 92.4 Å². The van der Waals surface area contributed by atoms with Crippen LogP contribution in [0.3, 0.4) is 0 Å². The second kappa shape index (κ2) is 12.9. The number of halogens is 1. The molecule has 0 atom stereocenters. The number of amides is 2. The van der Waals surface area contributed by atoms with Crippen molar-refractivity contribution in [3.63, 3.8) is 0 Å². The fourth-order valence-electron chi connectivity index (χ4n) is 4.85. The Balaban J connectivity index is 1.19. The SMILES string of the molecule is O=C(Nc1ccc2c(c1)N(CCCCOc1ccc(Cl)cc1)C(=O)CO2)c1ccc(S(=O)(=O)N2CCCCC2)cc1. The van der Waals surface area contributed by atoms with Crippen LogP contribution in [0.2, 0.25) is 5.02 Å². The molecule has 0 aliphatic carbocycles. The zero-order valence-corrected chi connectivity index (χ0v) is 24.1. The van der Waals surface area contributed by atoms with E-state index in [0.29, 0.717) is 60.4 Å². The molecule has 3 aromatic rings. The molecule has 0 aromatic heterocycles. The molecule has 0 bridgehead atoms. The van der Waals surface area contributed by atoms with Crippen LogP contribution in [-0.2, 0) is 14.8 Å². The highest BCUT2D eigenvalue weighted by molar-refractivity contribution is 7.89. The zero-order valence-electron chi connectivity index (χ0n) is 22.6. The molecule has 0 unspecified atom stereocenters. The quantitative estimate of drug-likeness (QED) is 0.316. The first kappa shape index (κ1) is 28.9. The number of unbranched alkanes of at least 4 members (excludes halogenated alkanes) is 1. The Kier molecular flexibility index (Phi) is 9.12. The third-order valence-corrected chi connectivity index (χ3v) is 9.25. The first-order chi connectivity index (χ1) is 19.8. The number of benzene rings is 3. The van der Waals surface area contributed by atoms with Gasteiger partial charge < -0.3 is 19.7 Å². The Bertz CT molecular complexity index is 1490. The highest BCUT2D eigenvalue weighted by Gasteiger charge is 2.27. The molecule has 2 amide bonds. The smallest absolute Gasteiger partial charge is 0.265 e. The highest BCUT2D eigenvalue weighted by Crippen LogP contribution is 2.35. The van der Waals surface area contributed by atoms with Crippen molar-refractivity contribution in [1.29, 1.82) is 0 Å². The van der Waals surface area contributed by atoms with Crippen LogP contribution in [-0.4, -0.2) is 57.4 Å². The van der Waals surface area contributed by atoms with Crippen LogP contribution in [0.5, 0.6) is 11.5 Å². The molecule has 1 N–H and O–H groups in total. The molecule has 11 heteroatoms. The van der Waals surface area contributed by atoms with E-state index in [1.54, 1.807) is 35.2 Å². The number of hydrogen-bond acceptors (Lipinski definition) is 6. The summed E-state index contributed by atoms with van der Waals surface area (Å²) in [6.45, 7) is 1.96. The van der Waals surface area contributed by atoms with Crippen molar-refractivity contribution < 1.29 is 27.5 Å². The summed E-state index contributed by atoms with van der Waals surface area (Å²) in [6.07, 6.45) is 4.19. The van der Waals surface area contributed by atoms with Gasteiger partial charge in [-0.1, -0.05) is 18.0 Å². The maximum atomic E-state index is 13.0. The van der Waals surface area contributed by atoms with E-state index in [-0.39, 0.29) is 23.3 Å². The number of nitrogens with zero attached hydrogens (tertiary/aromatic N) is 2. The average molecular weight is 598 g/mol. The van der Waals surface area contributed by atoms with Gasteiger partial charge in [0.05, 0.1) is 17.2 Å². The fourth-order valence-corrected chi connectivity index (χ4v) is 6.50. The number of carbonyl (C=O) groups excluding carboxylic acids is 2. The van der Waals surface area contributed by atoms with Gasteiger partial charge in [0.2, 0.25) is 10.0 Å². The Morgan fingerprint density at radius 3 is 2.41 bits per heavy atom. The molecule has 2 aliphatic heterocycles. The number of nitrogens with one attached hydrogen (secondary N) is 1. The summed E-state index contributed by atoms with van der Waals surface area (Å²) in [6, 6.07) is 18.3. The van der Waals surface area contributed by atoms with Gasteiger partial charge >= 0.3 is 0 Å². The lowest BCUT2D eigenvalue weighted by Crippen LogP contribution is -2.39. The van der Waals surface area contributed by atoms with E-state index in [2.05, 4.69) is 5.32 Å². The molecule has 0 radical (unpaired) electrons. The van der Waals surface area contributed by atoms with Crippen molar-refractivity contribution in [1.82, 2.24) is 4.31 Å². The summed E-state index contributed by atoms with van der Waals surface area (Å²) in [7, 11) is -3.57. The summed E-state index contributed by atoms with van der Waals surface area (Å²) in [4.78, 5) is 27.5. The van der Waals surface area contributed by atoms with Gasteiger partial charge in [-0.2, -0.15) is 4.31 Å². The van der Waals surface area contributed by atoms with Crippen molar-refractivity contribution in [2.75, 3.05) is 43.1 Å². The number of piperidine rings is 1. The fraction of sp³-hybridized carbons (Fsp3) is 0.333. The first-order valence-corrected chi connectivity index (χ1v) is 15.5. The van der Waals surface area contributed by atoms with Crippen LogP contribution in [0.1, 0.15) is 42.5 Å². The third kappa shape index (κ3) is 7.01. The molecule has 9 nitrogen and oxygen atoms in total. The van der Waals surface area contributed by atoms with Crippen molar-refractivity contribution >= 4 is 44.8 Å². The molecule has 41 heavy (non-hydrogen) atoms. The predicted octanol–water partition coefficient (Wildman–Crippen LogP) is 5.35.